The van der Waals surface area contributed by atoms with E-state index < -0.39 is 29.2 Å². The van der Waals surface area contributed by atoms with E-state index in [4.69, 9.17) is 11.6 Å². The quantitative estimate of drug-likeness (QED) is 0.463. The predicted octanol–water partition coefficient (Wildman–Crippen LogP) is 5.50. The third kappa shape index (κ3) is 2.56. The molecule has 6 heteroatoms. The van der Waals surface area contributed by atoms with Gasteiger partial charge in [-0.1, -0.05) is 60.2 Å². The summed E-state index contributed by atoms with van der Waals surface area (Å²) < 4.78 is 13.9. The van der Waals surface area contributed by atoms with E-state index >= 15 is 0 Å². The molecular weight excluding hydrogens is 453 g/mol. The van der Waals surface area contributed by atoms with Gasteiger partial charge in [0.1, 0.15) is 11.2 Å². The van der Waals surface area contributed by atoms with Crippen molar-refractivity contribution in [3.63, 3.8) is 0 Å². The second-order valence-corrected chi connectivity index (χ2v) is 9.51. The summed E-state index contributed by atoms with van der Waals surface area (Å²) in [7, 11) is 0. The number of ketones is 3. The maximum atomic E-state index is 14.2. The summed E-state index contributed by atoms with van der Waals surface area (Å²) in [5, 5.41) is 0.547. The molecule has 1 fully saturated rings. The van der Waals surface area contributed by atoms with E-state index in [9.17, 15) is 18.8 Å². The van der Waals surface area contributed by atoms with Crippen LogP contribution in [0.2, 0.25) is 5.02 Å². The van der Waals surface area contributed by atoms with Gasteiger partial charge in [-0.15, -0.1) is 0 Å². The van der Waals surface area contributed by atoms with Crippen molar-refractivity contribution in [1.29, 1.82) is 0 Å². The minimum atomic E-state index is -1.55. The molecule has 3 atom stereocenters. The second-order valence-electron chi connectivity index (χ2n) is 9.07. The summed E-state index contributed by atoms with van der Waals surface area (Å²) in [4.78, 5) is 43.5. The Labute approximate surface area is 200 Å². The fraction of sp³-hybridized carbons (Fsp3) is 0.179. The summed E-state index contributed by atoms with van der Waals surface area (Å²) >= 11 is 6.22. The monoisotopic (exact) mass is 471 g/mol. The van der Waals surface area contributed by atoms with Crippen LogP contribution in [0.4, 0.5) is 10.1 Å². The van der Waals surface area contributed by atoms with Crippen LogP contribution in [-0.2, 0) is 4.79 Å². The topological polar surface area (TPSA) is 54.5 Å². The fourth-order valence-electron chi connectivity index (χ4n) is 6.14. The molecule has 2 heterocycles. The van der Waals surface area contributed by atoms with Gasteiger partial charge in [0, 0.05) is 27.8 Å². The van der Waals surface area contributed by atoms with Crippen molar-refractivity contribution in [3.05, 3.63) is 106 Å². The number of carbonyl (C=O) groups excluding carboxylic acids is 3. The lowest BCUT2D eigenvalue weighted by Crippen LogP contribution is -2.48. The Bertz CT molecular complexity index is 1390. The van der Waals surface area contributed by atoms with Crippen LogP contribution in [0, 0.1) is 11.2 Å². The van der Waals surface area contributed by atoms with Gasteiger partial charge in [-0.2, -0.15) is 0 Å². The highest BCUT2D eigenvalue weighted by Crippen LogP contribution is 2.60. The zero-order valence-electron chi connectivity index (χ0n) is 18.2. The first-order valence-corrected chi connectivity index (χ1v) is 11.4. The van der Waals surface area contributed by atoms with Gasteiger partial charge in [0.05, 0.1) is 12.1 Å². The highest BCUT2D eigenvalue weighted by Gasteiger charge is 2.71. The Morgan fingerprint density at radius 1 is 0.971 bits per heavy atom. The van der Waals surface area contributed by atoms with Crippen LogP contribution in [0.15, 0.2) is 72.8 Å². The molecule has 3 aromatic rings. The lowest BCUT2D eigenvalue weighted by Gasteiger charge is -2.37. The maximum absolute atomic E-state index is 14.2. The first-order chi connectivity index (χ1) is 16.4. The summed E-state index contributed by atoms with van der Waals surface area (Å²) in [6.45, 7) is 1.47. The number of anilines is 1. The molecule has 2 aliphatic heterocycles. The van der Waals surface area contributed by atoms with E-state index in [0.717, 1.165) is 11.3 Å². The van der Waals surface area contributed by atoms with Crippen LogP contribution in [0.5, 0.6) is 0 Å². The van der Waals surface area contributed by atoms with Gasteiger partial charge < -0.3 is 4.90 Å². The van der Waals surface area contributed by atoms with E-state index in [1.54, 1.807) is 48.5 Å². The molecule has 0 radical (unpaired) electrons. The normalized spacial score (nSPS) is 23.7. The predicted molar refractivity (Wildman–Crippen MR) is 128 cm³/mol. The molecule has 0 N–H and O–H groups in total. The largest absolute Gasteiger partial charge is 0.352 e. The van der Waals surface area contributed by atoms with Gasteiger partial charge in [0.2, 0.25) is 0 Å². The Morgan fingerprint density at radius 2 is 1.62 bits per heavy atom. The summed E-state index contributed by atoms with van der Waals surface area (Å²) in [5.74, 6) is -2.01. The Kier molecular flexibility index (Phi) is 4.45. The maximum Gasteiger partial charge on any atom is 0.180 e. The molecule has 34 heavy (non-hydrogen) atoms. The van der Waals surface area contributed by atoms with Crippen LogP contribution in [0.1, 0.15) is 44.7 Å². The standard InChI is InChI=1S/C28H19ClFNO3/c1-15(32)25-24(16-6-10-19(30)11-7-16)28(26(33)20-4-2-3-5-21(20)27(28)34)23-13-8-17-14-18(29)9-12-22(17)31(23)25/h2-14,23-25H,1H3/t23-,24+,25-/m1/s1. The van der Waals surface area contributed by atoms with Gasteiger partial charge in [-0.3, -0.25) is 14.4 Å². The highest BCUT2D eigenvalue weighted by atomic mass is 35.5. The molecule has 3 aromatic carbocycles. The van der Waals surface area contributed by atoms with Crippen molar-refractivity contribution in [2.45, 2.75) is 24.9 Å². The summed E-state index contributed by atoms with van der Waals surface area (Å²) in [5.41, 5.74) is 1.29. The Morgan fingerprint density at radius 3 is 2.24 bits per heavy atom. The van der Waals surface area contributed by atoms with E-state index in [0.29, 0.717) is 21.7 Å². The van der Waals surface area contributed by atoms with E-state index in [2.05, 4.69) is 0 Å². The molecule has 0 bridgehead atoms. The number of hydrogen-bond acceptors (Lipinski definition) is 4. The zero-order valence-corrected chi connectivity index (χ0v) is 18.9. The number of halogens is 2. The molecule has 3 aliphatic rings. The molecule has 1 saturated heterocycles. The van der Waals surface area contributed by atoms with Gasteiger partial charge in [0.15, 0.2) is 17.3 Å². The Hall–Kier alpha value is -3.57. The number of fused-ring (bicyclic) bond motifs is 5. The van der Waals surface area contributed by atoms with Crippen LogP contribution in [0.3, 0.4) is 0 Å². The number of nitrogens with zero attached hydrogens (tertiary/aromatic N) is 1. The molecule has 6 rings (SSSR count). The molecule has 0 aromatic heterocycles. The third-order valence-electron chi connectivity index (χ3n) is 7.41. The second kappa shape index (κ2) is 7.21. The number of hydrogen-bond donors (Lipinski definition) is 0. The van der Waals surface area contributed by atoms with Crippen molar-refractivity contribution in [3.8, 4) is 0 Å². The first-order valence-electron chi connectivity index (χ1n) is 11.1. The molecule has 1 aliphatic carbocycles. The van der Waals surface area contributed by atoms with Crippen LogP contribution >= 0.6 is 11.6 Å². The van der Waals surface area contributed by atoms with Crippen molar-refractivity contribution in [1.82, 2.24) is 0 Å². The average Bonchev–Trinajstić information content (AvgIpc) is 3.26. The number of Topliss-reactive ketones (excluding diaryl/α,β-unsaturated/α-hetero) is 3. The van der Waals surface area contributed by atoms with E-state index in [1.807, 2.05) is 23.1 Å². The summed E-state index contributed by atoms with van der Waals surface area (Å²) in [6.07, 6.45) is 3.69. The zero-order chi connectivity index (χ0) is 23.8. The smallest absolute Gasteiger partial charge is 0.180 e. The van der Waals surface area contributed by atoms with Crippen molar-refractivity contribution < 1.29 is 18.8 Å². The highest BCUT2D eigenvalue weighted by molar-refractivity contribution is 6.32. The Balaban J connectivity index is 1.68. The molecule has 0 amide bonds. The minimum absolute atomic E-state index is 0.177. The lowest BCUT2D eigenvalue weighted by atomic mass is 9.64. The van der Waals surface area contributed by atoms with Gasteiger partial charge in [-0.05, 0) is 48.4 Å². The van der Waals surface area contributed by atoms with Crippen LogP contribution < -0.4 is 4.90 Å². The fourth-order valence-corrected chi connectivity index (χ4v) is 6.32. The average molecular weight is 472 g/mol. The molecule has 168 valence electrons. The van der Waals surface area contributed by atoms with Gasteiger partial charge in [-0.25, -0.2) is 4.39 Å². The molecule has 0 saturated carbocycles. The molecule has 4 nitrogen and oxygen atoms in total. The van der Waals surface area contributed by atoms with Crippen molar-refractivity contribution >= 4 is 40.7 Å². The van der Waals surface area contributed by atoms with Crippen molar-refractivity contribution in [2.75, 3.05) is 4.90 Å². The number of rotatable bonds is 2. The third-order valence-corrected chi connectivity index (χ3v) is 7.65. The molecular formula is C28H19ClFNO3. The SMILES string of the molecule is CC(=O)[C@@H]1[C@H](c2ccc(F)cc2)C2(C(=O)c3ccccc3C2=O)[C@H]2C=Cc3cc(Cl)ccc3N12. The summed E-state index contributed by atoms with van der Waals surface area (Å²) in [6, 6.07) is 16.4. The van der Waals surface area contributed by atoms with E-state index in [-0.39, 0.29) is 17.3 Å². The van der Waals surface area contributed by atoms with Crippen LogP contribution in [-0.4, -0.2) is 29.4 Å². The van der Waals surface area contributed by atoms with Gasteiger partial charge >= 0.3 is 0 Å². The van der Waals surface area contributed by atoms with Gasteiger partial charge in [0.25, 0.3) is 0 Å². The number of benzene rings is 3. The van der Waals surface area contributed by atoms with Crippen LogP contribution in [0.25, 0.3) is 6.08 Å². The first kappa shape index (κ1) is 21.0. The molecule has 0 unspecified atom stereocenters. The molecule has 1 spiro atoms. The minimum Gasteiger partial charge on any atom is -0.352 e. The van der Waals surface area contributed by atoms with Crippen molar-refractivity contribution in [2.24, 2.45) is 5.41 Å². The lowest BCUT2D eigenvalue weighted by molar-refractivity contribution is -0.118. The number of carbonyl (C=O) groups is 3. The van der Waals surface area contributed by atoms with E-state index in [1.165, 1.54) is 19.1 Å².